The Labute approximate surface area is 492 Å². The fourth-order valence-electron chi connectivity index (χ4n) is 12.1. The number of nitrogens with one attached hydrogen (secondary N) is 2. The molecule has 440 valence electrons. The maximum absolute atomic E-state index is 12.9. The highest BCUT2D eigenvalue weighted by Crippen LogP contribution is 2.44. The van der Waals surface area contributed by atoms with E-state index < -0.39 is 5.97 Å². The lowest BCUT2D eigenvalue weighted by molar-refractivity contribution is -0.143. The summed E-state index contributed by atoms with van der Waals surface area (Å²) in [4.78, 5) is 51.3. The van der Waals surface area contributed by atoms with Crippen molar-refractivity contribution in [2.45, 2.75) is 148 Å². The quantitative estimate of drug-likeness (QED) is 0.0581. The molecule has 2 amide bonds. The number of carboxylic acids is 1. The zero-order valence-electron chi connectivity index (χ0n) is 48.6. The average molecular weight is 1160 g/mol. The molecule has 0 bridgehead atoms. The van der Waals surface area contributed by atoms with E-state index in [1.54, 1.807) is 38.1 Å². The molecule has 82 heavy (non-hydrogen) atoms. The van der Waals surface area contributed by atoms with Crippen molar-refractivity contribution in [1.82, 2.24) is 9.80 Å². The third kappa shape index (κ3) is 15.9. The summed E-state index contributed by atoms with van der Waals surface area (Å²) in [5.41, 5.74) is 7.09. The summed E-state index contributed by atoms with van der Waals surface area (Å²) in [5, 5.41) is 18.7. The molecule has 4 heterocycles. The molecule has 6 aromatic rings. The maximum Gasteiger partial charge on any atom is 0.307 e. The standard InChI is InChI=1S/C34H44N2O5S.C32H40N2O5S/c1-4-39-31(37)16-19-36(3)34(38)25-10-12-26(13-11-25)35-32(24-8-6-5-7-9-24)33-23(2)29-22-28(14-15-30(29)41-33)40-27-17-20-42-21-18-27;1-21-27-20-26(38-25-15-18-40-19-16-25)12-13-28(27)39-31(21)30(22-6-4-3-5-7-22)33-24-10-8-23(9-11-24)32(37)34(2)17-14-29(35)36/h10-15,22,24,27,32,35H,4-9,16-21H2,1-3H3;8-13,20,22,25,30,33H,3-7,14-19H2,1-2H3,(H,35,36). The topological polar surface area (TPSA) is 173 Å². The van der Waals surface area contributed by atoms with Crippen LogP contribution in [-0.4, -0.2) is 108 Å². The van der Waals surface area contributed by atoms with Crippen molar-refractivity contribution < 1.29 is 47.3 Å². The Morgan fingerprint density at radius 1 is 0.573 bits per heavy atom. The molecule has 4 aliphatic rings. The van der Waals surface area contributed by atoms with Crippen molar-refractivity contribution in [3.63, 3.8) is 0 Å². The summed E-state index contributed by atoms with van der Waals surface area (Å²) in [7, 11) is 3.34. The smallest absolute Gasteiger partial charge is 0.307 e. The molecule has 14 nitrogen and oxygen atoms in total. The van der Waals surface area contributed by atoms with E-state index in [1.165, 1.54) is 43.4 Å². The van der Waals surface area contributed by atoms with Crippen LogP contribution >= 0.6 is 23.5 Å². The van der Waals surface area contributed by atoms with Crippen LogP contribution in [0.2, 0.25) is 0 Å². The molecule has 4 aromatic carbocycles. The first-order valence-electron chi connectivity index (χ1n) is 30.0. The molecule has 2 atom stereocenters. The van der Waals surface area contributed by atoms with E-state index in [0.717, 1.165) is 142 Å². The van der Waals surface area contributed by atoms with Gasteiger partial charge in [0.05, 0.1) is 31.5 Å². The monoisotopic (exact) mass is 1160 g/mol. The number of rotatable bonds is 21. The van der Waals surface area contributed by atoms with Gasteiger partial charge in [-0.2, -0.15) is 23.5 Å². The van der Waals surface area contributed by atoms with Gasteiger partial charge in [0.15, 0.2) is 0 Å². The summed E-state index contributed by atoms with van der Waals surface area (Å²) < 4.78 is 30.8. The number of esters is 1. The number of amides is 2. The second-order valence-electron chi connectivity index (χ2n) is 22.7. The fraction of sp³-hybridized carbons (Fsp3) is 0.515. The van der Waals surface area contributed by atoms with Gasteiger partial charge in [0.1, 0.15) is 46.4 Å². The third-order valence-corrected chi connectivity index (χ3v) is 19.0. The first-order chi connectivity index (χ1) is 39.8. The Morgan fingerprint density at radius 3 is 1.37 bits per heavy atom. The Kier molecular flexibility index (Phi) is 21.6. The van der Waals surface area contributed by atoms with Crippen LogP contribution < -0.4 is 20.1 Å². The van der Waals surface area contributed by atoms with Crippen molar-refractivity contribution >= 4 is 80.6 Å². The molecule has 2 aliphatic heterocycles. The predicted octanol–water partition coefficient (Wildman–Crippen LogP) is 15.1. The van der Waals surface area contributed by atoms with Crippen LogP contribution in [0.4, 0.5) is 11.4 Å². The fourth-order valence-corrected chi connectivity index (χ4v) is 14.2. The van der Waals surface area contributed by atoms with Crippen molar-refractivity contribution in [2.24, 2.45) is 11.8 Å². The van der Waals surface area contributed by atoms with Crippen molar-refractivity contribution in [1.29, 1.82) is 0 Å². The van der Waals surface area contributed by atoms with Gasteiger partial charge in [0.2, 0.25) is 0 Å². The number of carbonyl (C=O) groups is 4. The molecule has 2 saturated carbocycles. The largest absolute Gasteiger partial charge is 0.490 e. The summed E-state index contributed by atoms with van der Waals surface area (Å²) in [6, 6.07) is 27.6. The van der Waals surface area contributed by atoms with Crippen molar-refractivity contribution in [3.8, 4) is 11.5 Å². The Morgan fingerprint density at radius 2 is 0.976 bits per heavy atom. The molecule has 2 aliphatic carbocycles. The highest BCUT2D eigenvalue weighted by Gasteiger charge is 2.32. The van der Waals surface area contributed by atoms with Crippen LogP contribution in [0, 0.1) is 25.7 Å². The normalized spacial score (nSPS) is 17.3. The zero-order chi connectivity index (χ0) is 57.5. The Balaban J connectivity index is 0.000000198. The lowest BCUT2D eigenvalue weighted by atomic mass is 9.82. The number of carboxylic acid groups (broad SMARTS) is 1. The second-order valence-corrected chi connectivity index (χ2v) is 25.2. The molecule has 10 rings (SSSR count). The Bertz CT molecular complexity index is 3060. The van der Waals surface area contributed by atoms with Gasteiger partial charge in [-0.15, -0.1) is 0 Å². The molecule has 0 radical (unpaired) electrons. The summed E-state index contributed by atoms with van der Waals surface area (Å²) in [5.74, 6) is 7.84. The van der Waals surface area contributed by atoms with E-state index >= 15 is 0 Å². The highest BCUT2D eigenvalue weighted by molar-refractivity contribution is 7.99. The van der Waals surface area contributed by atoms with Gasteiger partial charge in [-0.3, -0.25) is 19.2 Å². The highest BCUT2D eigenvalue weighted by atomic mass is 32.2. The van der Waals surface area contributed by atoms with E-state index in [-0.39, 0.29) is 55.4 Å². The maximum atomic E-state index is 12.9. The zero-order valence-corrected chi connectivity index (χ0v) is 50.3. The number of benzene rings is 4. The SMILES string of the molecule is CCOC(=O)CCN(C)C(=O)c1ccc(NC(c2oc3ccc(OC4CCSCC4)cc3c2C)C2CCCCC2)cc1.Cc1c(C(Nc2ccc(C(=O)N(C)CCC(=O)O)cc2)C2CCCCC2)oc2ccc(OC3CCSCC3)cc12. The number of furan rings is 2. The van der Waals surface area contributed by atoms with Crippen LogP contribution in [0.1, 0.15) is 165 Å². The van der Waals surface area contributed by atoms with Gasteiger partial charge in [0.25, 0.3) is 11.8 Å². The van der Waals surface area contributed by atoms with Crippen molar-refractivity contribution in [3.05, 3.63) is 119 Å². The molecule has 3 N–H and O–H groups in total. The van der Waals surface area contributed by atoms with Gasteiger partial charge >= 0.3 is 11.9 Å². The molecule has 2 saturated heterocycles. The van der Waals surface area contributed by atoms with Gasteiger partial charge in [0, 0.05) is 71.6 Å². The summed E-state index contributed by atoms with van der Waals surface area (Å²) in [6.07, 6.45) is 17.1. The minimum atomic E-state index is -0.916. The van der Waals surface area contributed by atoms with Crippen LogP contribution in [0.3, 0.4) is 0 Å². The van der Waals surface area contributed by atoms with E-state index in [1.807, 2.05) is 78.1 Å². The van der Waals surface area contributed by atoms with E-state index in [2.05, 4.69) is 42.7 Å². The minimum Gasteiger partial charge on any atom is -0.490 e. The predicted molar refractivity (Wildman–Crippen MR) is 330 cm³/mol. The minimum absolute atomic E-state index is 0.0206. The number of hydrogen-bond donors (Lipinski definition) is 3. The number of aryl methyl sites for hydroxylation is 2. The van der Waals surface area contributed by atoms with Gasteiger partial charge in [-0.05, 0) is 192 Å². The third-order valence-electron chi connectivity index (χ3n) is 16.9. The molecular formula is C66H84N4O10S2. The van der Waals surface area contributed by atoms with E-state index in [4.69, 9.17) is 28.2 Å². The molecule has 16 heteroatoms. The van der Waals surface area contributed by atoms with Crippen LogP contribution in [0.25, 0.3) is 21.9 Å². The molecule has 0 spiro atoms. The van der Waals surface area contributed by atoms with Gasteiger partial charge < -0.3 is 48.6 Å². The summed E-state index contributed by atoms with van der Waals surface area (Å²) in [6.45, 7) is 6.92. The number of anilines is 2. The Hall–Kier alpha value is -6.26. The van der Waals surface area contributed by atoms with E-state index in [9.17, 15) is 19.2 Å². The summed E-state index contributed by atoms with van der Waals surface area (Å²) >= 11 is 4.01. The number of carbonyl (C=O) groups excluding carboxylic acids is 3. The van der Waals surface area contributed by atoms with Crippen LogP contribution in [0.5, 0.6) is 11.5 Å². The number of hydrogen-bond acceptors (Lipinski definition) is 13. The lowest BCUT2D eigenvalue weighted by Gasteiger charge is -2.31. The second kappa shape index (κ2) is 29.3. The van der Waals surface area contributed by atoms with Crippen LogP contribution in [0.15, 0.2) is 93.8 Å². The molecule has 4 fully saturated rings. The number of thioether (sulfide) groups is 2. The molecule has 2 unspecified atom stereocenters. The number of ether oxygens (including phenoxy) is 3. The number of aliphatic carboxylic acids is 1. The molecular weight excluding hydrogens is 1070 g/mol. The van der Waals surface area contributed by atoms with Gasteiger partial charge in [-0.1, -0.05) is 38.5 Å². The van der Waals surface area contributed by atoms with Gasteiger partial charge in [-0.25, -0.2) is 0 Å². The lowest BCUT2D eigenvalue weighted by Crippen LogP contribution is -2.29. The average Bonchev–Trinajstić information content (AvgIpc) is 4.26. The van der Waals surface area contributed by atoms with E-state index in [0.29, 0.717) is 42.2 Å². The number of nitrogens with zero attached hydrogens (tertiary/aromatic N) is 2. The van der Waals surface area contributed by atoms with Crippen molar-refractivity contribution in [2.75, 3.05) is 67.4 Å². The molecule has 2 aromatic heterocycles. The number of fused-ring (bicyclic) bond motifs is 2. The first-order valence-corrected chi connectivity index (χ1v) is 32.3. The van der Waals surface area contributed by atoms with Crippen LogP contribution in [-0.2, 0) is 14.3 Å². The first kappa shape index (κ1) is 60.3.